The Morgan fingerprint density at radius 1 is 1.00 bits per heavy atom. The van der Waals surface area contributed by atoms with Crippen LogP contribution in [0.3, 0.4) is 0 Å². The van der Waals surface area contributed by atoms with Crippen LogP contribution in [0, 0.1) is 0 Å². The first-order chi connectivity index (χ1) is 13.3. The molecule has 1 aliphatic rings. The van der Waals surface area contributed by atoms with Gasteiger partial charge in [-0.2, -0.15) is 4.98 Å². The van der Waals surface area contributed by atoms with E-state index >= 15 is 0 Å². The summed E-state index contributed by atoms with van der Waals surface area (Å²) in [6, 6.07) is 15.8. The van der Waals surface area contributed by atoms with E-state index in [9.17, 15) is 0 Å². The van der Waals surface area contributed by atoms with Crippen LogP contribution in [0.15, 0.2) is 53.1 Å². The van der Waals surface area contributed by atoms with Crippen molar-refractivity contribution in [1.29, 1.82) is 0 Å². The van der Waals surface area contributed by atoms with E-state index in [2.05, 4.69) is 33.1 Å². The molecule has 0 bridgehead atoms. The molecule has 1 aliphatic heterocycles. The Labute approximate surface area is 157 Å². The number of hydrazine groups is 1. The van der Waals surface area contributed by atoms with Crippen LogP contribution in [0.5, 0.6) is 11.5 Å². The molecule has 2 unspecified atom stereocenters. The highest BCUT2D eigenvalue weighted by atomic mass is 16.5. The number of hydrogen-bond acceptors (Lipinski definition) is 7. The Hall–Kier alpha value is -2.90. The smallest absolute Gasteiger partial charge is 0.245 e. The van der Waals surface area contributed by atoms with E-state index < -0.39 is 0 Å². The predicted octanol–water partition coefficient (Wildman–Crippen LogP) is 3.42. The van der Waals surface area contributed by atoms with Crippen molar-refractivity contribution in [3.8, 4) is 22.9 Å². The van der Waals surface area contributed by atoms with Crippen molar-refractivity contribution in [2.75, 3.05) is 13.7 Å². The van der Waals surface area contributed by atoms with Gasteiger partial charge < -0.3 is 14.0 Å². The molecule has 0 aliphatic carbocycles. The minimum atomic E-state index is -0.0407. The van der Waals surface area contributed by atoms with Gasteiger partial charge in [0, 0.05) is 11.6 Å². The summed E-state index contributed by atoms with van der Waals surface area (Å²) in [5.41, 5.74) is 8.62. The van der Waals surface area contributed by atoms with Gasteiger partial charge in [-0.15, -0.1) is 0 Å². The molecule has 1 saturated heterocycles. The van der Waals surface area contributed by atoms with Crippen LogP contribution >= 0.6 is 0 Å². The number of ether oxygens (including phenoxy) is 2. The predicted molar refractivity (Wildman–Crippen MR) is 100 cm³/mol. The lowest BCUT2D eigenvalue weighted by atomic mass is 10.0. The molecule has 2 N–H and O–H groups in total. The van der Waals surface area contributed by atoms with Gasteiger partial charge in [-0.05, 0) is 55.3 Å². The number of nitrogens with zero attached hydrogens (tertiary/aromatic N) is 2. The fourth-order valence-corrected chi connectivity index (χ4v) is 3.13. The van der Waals surface area contributed by atoms with Crippen molar-refractivity contribution >= 4 is 0 Å². The lowest BCUT2D eigenvalue weighted by Gasteiger charge is -2.10. The van der Waals surface area contributed by atoms with Crippen molar-refractivity contribution in [2.24, 2.45) is 0 Å². The molecule has 7 heteroatoms. The van der Waals surface area contributed by atoms with Gasteiger partial charge in [0.05, 0.1) is 13.7 Å². The van der Waals surface area contributed by atoms with Crippen LogP contribution in [0.25, 0.3) is 11.4 Å². The third-order valence-electron chi connectivity index (χ3n) is 4.58. The Bertz CT molecular complexity index is 877. The summed E-state index contributed by atoms with van der Waals surface area (Å²) >= 11 is 0. The van der Waals surface area contributed by atoms with Crippen LogP contribution in [-0.4, -0.2) is 23.9 Å². The summed E-state index contributed by atoms with van der Waals surface area (Å²) in [6.07, 6.45) is 0.818. The third-order valence-corrected chi connectivity index (χ3v) is 4.58. The van der Waals surface area contributed by atoms with Gasteiger partial charge in [-0.25, -0.2) is 10.9 Å². The van der Waals surface area contributed by atoms with Gasteiger partial charge in [-0.1, -0.05) is 17.3 Å². The zero-order chi connectivity index (χ0) is 18.6. The molecule has 2 aromatic carbocycles. The minimum Gasteiger partial charge on any atom is -0.497 e. The molecule has 7 nitrogen and oxygen atoms in total. The maximum atomic E-state index is 5.50. The monoisotopic (exact) mass is 366 g/mol. The Kier molecular flexibility index (Phi) is 5.04. The van der Waals surface area contributed by atoms with E-state index in [1.54, 1.807) is 7.11 Å². The van der Waals surface area contributed by atoms with E-state index in [4.69, 9.17) is 14.0 Å². The minimum absolute atomic E-state index is 0.0407. The molecule has 0 radical (unpaired) electrons. The number of methoxy groups -OCH3 is 1. The molecule has 0 saturated carbocycles. The second kappa shape index (κ2) is 7.77. The van der Waals surface area contributed by atoms with Gasteiger partial charge in [0.25, 0.3) is 0 Å². The van der Waals surface area contributed by atoms with Crippen molar-refractivity contribution in [3.63, 3.8) is 0 Å². The van der Waals surface area contributed by atoms with Crippen molar-refractivity contribution in [3.05, 3.63) is 60.0 Å². The van der Waals surface area contributed by atoms with Crippen LogP contribution in [0.1, 0.15) is 36.9 Å². The molecule has 0 spiro atoms. The number of aromatic nitrogens is 2. The largest absolute Gasteiger partial charge is 0.497 e. The SMILES string of the molecule is CCOc1ccc(C2CC(c3nc(-c4ccc(OC)cc4)no3)NN2)cc1. The first-order valence-electron chi connectivity index (χ1n) is 8.98. The summed E-state index contributed by atoms with van der Waals surface area (Å²) in [6.45, 7) is 2.64. The molecule has 4 rings (SSSR count). The maximum Gasteiger partial charge on any atom is 0.245 e. The molecule has 0 amide bonds. The number of hydrogen-bond donors (Lipinski definition) is 2. The number of benzene rings is 2. The standard InChI is InChI=1S/C20H22N4O3/c1-3-26-16-10-4-13(5-11-16)17-12-18(23-22-17)20-21-19(24-27-20)14-6-8-15(25-2)9-7-14/h4-11,17-18,22-23H,3,12H2,1-2H3. The van der Waals surface area contributed by atoms with Crippen LogP contribution in [0.2, 0.25) is 0 Å². The van der Waals surface area contributed by atoms with Gasteiger partial charge >= 0.3 is 0 Å². The first kappa shape index (κ1) is 17.5. The molecular weight excluding hydrogens is 344 g/mol. The summed E-state index contributed by atoms with van der Waals surface area (Å²) in [5, 5.41) is 4.11. The van der Waals surface area contributed by atoms with Crippen molar-refractivity contribution in [1.82, 2.24) is 21.0 Å². The van der Waals surface area contributed by atoms with E-state index in [0.717, 1.165) is 23.5 Å². The topological polar surface area (TPSA) is 81.4 Å². The second-order valence-corrected chi connectivity index (χ2v) is 6.32. The number of rotatable bonds is 6. The molecule has 3 aromatic rings. The fourth-order valence-electron chi connectivity index (χ4n) is 3.13. The highest BCUT2D eigenvalue weighted by molar-refractivity contribution is 5.55. The van der Waals surface area contributed by atoms with Crippen LogP contribution in [-0.2, 0) is 0 Å². The van der Waals surface area contributed by atoms with Crippen molar-refractivity contribution in [2.45, 2.75) is 25.4 Å². The van der Waals surface area contributed by atoms with E-state index in [1.807, 2.05) is 43.3 Å². The zero-order valence-electron chi connectivity index (χ0n) is 15.3. The Morgan fingerprint density at radius 3 is 2.41 bits per heavy atom. The van der Waals surface area contributed by atoms with Crippen LogP contribution < -0.4 is 20.3 Å². The molecule has 27 heavy (non-hydrogen) atoms. The van der Waals surface area contributed by atoms with Gasteiger partial charge in [0.1, 0.15) is 17.5 Å². The summed E-state index contributed by atoms with van der Waals surface area (Å²) in [4.78, 5) is 4.54. The average Bonchev–Trinajstić information content (AvgIpc) is 3.39. The number of nitrogens with one attached hydrogen (secondary N) is 2. The van der Waals surface area contributed by atoms with E-state index in [1.165, 1.54) is 5.56 Å². The lowest BCUT2D eigenvalue weighted by Crippen LogP contribution is -2.26. The molecule has 1 fully saturated rings. The highest BCUT2D eigenvalue weighted by Crippen LogP contribution is 2.31. The summed E-state index contributed by atoms with van der Waals surface area (Å²) < 4.78 is 16.2. The van der Waals surface area contributed by atoms with Gasteiger partial charge in [0.15, 0.2) is 0 Å². The van der Waals surface area contributed by atoms with Crippen LogP contribution in [0.4, 0.5) is 0 Å². The fraction of sp³-hybridized carbons (Fsp3) is 0.300. The quantitative estimate of drug-likeness (QED) is 0.692. The van der Waals surface area contributed by atoms with Crippen molar-refractivity contribution < 1.29 is 14.0 Å². The average molecular weight is 366 g/mol. The molecule has 140 valence electrons. The van der Waals surface area contributed by atoms with E-state index in [-0.39, 0.29) is 12.1 Å². The molecule has 2 atom stereocenters. The third kappa shape index (κ3) is 3.79. The van der Waals surface area contributed by atoms with Gasteiger partial charge in [-0.3, -0.25) is 0 Å². The normalized spacial score (nSPS) is 19.2. The molecular formula is C20H22N4O3. The zero-order valence-corrected chi connectivity index (χ0v) is 15.3. The molecule has 1 aromatic heterocycles. The second-order valence-electron chi connectivity index (χ2n) is 6.32. The Morgan fingerprint density at radius 2 is 1.70 bits per heavy atom. The summed E-state index contributed by atoms with van der Waals surface area (Å²) in [7, 11) is 1.64. The molecule has 2 heterocycles. The van der Waals surface area contributed by atoms with Gasteiger partial charge in [0.2, 0.25) is 11.7 Å². The Balaban J connectivity index is 1.43. The summed E-state index contributed by atoms with van der Waals surface area (Å²) in [5.74, 6) is 2.81. The maximum absolute atomic E-state index is 5.50. The first-order valence-corrected chi connectivity index (χ1v) is 8.98. The lowest BCUT2D eigenvalue weighted by molar-refractivity contribution is 0.339. The highest BCUT2D eigenvalue weighted by Gasteiger charge is 2.30. The van der Waals surface area contributed by atoms with E-state index in [0.29, 0.717) is 18.3 Å².